The highest BCUT2D eigenvalue weighted by molar-refractivity contribution is 6.30. The maximum absolute atomic E-state index is 12.4. The Morgan fingerprint density at radius 1 is 1.15 bits per heavy atom. The van der Waals surface area contributed by atoms with Crippen molar-refractivity contribution < 1.29 is 4.79 Å². The van der Waals surface area contributed by atoms with Gasteiger partial charge < -0.3 is 9.80 Å². The van der Waals surface area contributed by atoms with Crippen LogP contribution in [0.4, 0.5) is 0 Å². The van der Waals surface area contributed by atoms with E-state index < -0.39 is 0 Å². The molecule has 3 heterocycles. The molecule has 2 fully saturated rings. The third kappa shape index (κ3) is 2.96. The molecule has 0 radical (unpaired) electrons. The molecule has 2 saturated heterocycles. The molecule has 3 rings (SSSR count). The van der Waals surface area contributed by atoms with Crippen LogP contribution in [0.3, 0.4) is 0 Å². The molecular formula is C15H20ClN3O. The van der Waals surface area contributed by atoms with E-state index in [-0.39, 0.29) is 5.91 Å². The monoisotopic (exact) mass is 293 g/mol. The molecule has 108 valence electrons. The Morgan fingerprint density at radius 3 is 2.50 bits per heavy atom. The summed E-state index contributed by atoms with van der Waals surface area (Å²) in [5.41, 5.74) is 0.595. The summed E-state index contributed by atoms with van der Waals surface area (Å²) in [7, 11) is 0. The fourth-order valence-electron chi connectivity index (χ4n) is 3.25. The van der Waals surface area contributed by atoms with E-state index in [0.29, 0.717) is 16.6 Å². The van der Waals surface area contributed by atoms with Crippen LogP contribution in [0.2, 0.25) is 5.02 Å². The number of rotatable bonds is 2. The Kier molecular flexibility index (Phi) is 4.22. The minimum absolute atomic E-state index is 0.0554. The van der Waals surface area contributed by atoms with Crippen LogP contribution in [-0.4, -0.2) is 52.9 Å². The zero-order chi connectivity index (χ0) is 13.9. The fourth-order valence-corrected chi connectivity index (χ4v) is 3.43. The van der Waals surface area contributed by atoms with Crippen molar-refractivity contribution in [2.24, 2.45) is 0 Å². The lowest BCUT2D eigenvalue weighted by molar-refractivity contribution is 0.0644. The number of amides is 1. The van der Waals surface area contributed by atoms with Crippen LogP contribution < -0.4 is 0 Å². The maximum Gasteiger partial charge on any atom is 0.255 e. The topological polar surface area (TPSA) is 36.4 Å². The van der Waals surface area contributed by atoms with Crippen molar-refractivity contribution in [3.05, 3.63) is 29.0 Å². The highest BCUT2D eigenvalue weighted by atomic mass is 35.5. The van der Waals surface area contributed by atoms with E-state index in [2.05, 4.69) is 9.88 Å². The molecule has 0 N–H and O–H groups in total. The quantitative estimate of drug-likeness (QED) is 0.840. The number of pyridine rings is 1. The molecule has 20 heavy (non-hydrogen) atoms. The van der Waals surface area contributed by atoms with Gasteiger partial charge in [-0.1, -0.05) is 11.6 Å². The van der Waals surface area contributed by atoms with Crippen molar-refractivity contribution >= 4 is 17.5 Å². The number of hydrogen-bond donors (Lipinski definition) is 0. The molecule has 0 aromatic carbocycles. The standard InChI is InChI=1S/C15H20ClN3O/c16-13-9-12(10-17-11-13)15(20)19-7-3-14(4-8-19)18-5-1-2-6-18/h9-11,14H,1-8H2. The number of nitrogens with zero attached hydrogens (tertiary/aromatic N) is 3. The molecule has 0 aliphatic carbocycles. The van der Waals surface area contributed by atoms with Crippen LogP contribution in [0.5, 0.6) is 0 Å². The van der Waals surface area contributed by atoms with Crippen molar-refractivity contribution in [2.45, 2.75) is 31.7 Å². The summed E-state index contributed by atoms with van der Waals surface area (Å²) in [4.78, 5) is 20.9. The second-order valence-electron chi connectivity index (χ2n) is 5.66. The molecule has 4 nitrogen and oxygen atoms in total. The van der Waals surface area contributed by atoms with Crippen molar-refractivity contribution in [3.63, 3.8) is 0 Å². The number of carbonyl (C=O) groups is 1. The van der Waals surface area contributed by atoms with E-state index in [1.807, 2.05) is 4.90 Å². The Morgan fingerprint density at radius 2 is 1.85 bits per heavy atom. The van der Waals surface area contributed by atoms with Gasteiger partial charge in [0.25, 0.3) is 5.91 Å². The van der Waals surface area contributed by atoms with Gasteiger partial charge in [0, 0.05) is 31.5 Å². The summed E-state index contributed by atoms with van der Waals surface area (Å²) in [6.45, 7) is 4.15. The van der Waals surface area contributed by atoms with Gasteiger partial charge in [0.1, 0.15) is 0 Å². The van der Waals surface area contributed by atoms with Gasteiger partial charge in [-0.15, -0.1) is 0 Å². The number of halogens is 1. The third-order valence-electron chi connectivity index (χ3n) is 4.36. The Bertz CT molecular complexity index is 480. The highest BCUT2D eigenvalue weighted by Crippen LogP contribution is 2.22. The minimum atomic E-state index is 0.0554. The first kappa shape index (κ1) is 13.8. The van der Waals surface area contributed by atoms with Gasteiger partial charge in [-0.3, -0.25) is 9.78 Å². The van der Waals surface area contributed by atoms with Crippen molar-refractivity contribution in [1.82, 2.24) is 14.8 Å². The highest BCUT2D eigenvalue weighted by Gasteiger charge is 2.28. The SMILES string of the molecule is O=C(c1cncc(Cl)c1)N1CCC(N2CCCC2)CC1. The number of carbonyl (C=O) groups excluding carboxylic acids is 1. The summed E-state index contributed by atoms with van der Waals surface area (Å²) in [5, 5.41) is 0.516. The lowest BCUT2D eigenvalue weighted by atomic mass is 10.0. The average Bonchev–Trinajstić information content (AvgIpc) is 3.01. The lowest BCUT2D eigenvalue weighted by Gasteiger charge is -2.36. The van der Waals surface area contributed by atoms with Crippen LogP contribution in [0.1, 0.15) is 36.0 Å². The smallest absolute Gasteiger partial charge is 0.255 e. The van der Waals surface area contributed by atoms with E-state index in [9.17, 15) is 4.79 Å². The molecule has 1 aromatic rings. The van der Waals surface area contributed by atoms with E-state index in [0.717, 1.165) is 25.9 Å². The summed E-state index contributed by atoms with van der Waals surface area (Å²) in [6.07, 6.45) is 7.97. The number of likely N-dealkylation sites (tertiary alicyclic amines) is 2. The third-order valence-corrected chi connectivity index (χ3v) is 4.57. The van der Waals surface area contributed by atoms with Crippen LogP contribution in [0, 0.1) is 0 Å². The lowest BCUT2D eigenvalue weighted by Crippen LogP contribution is -2.45. The molecule has 2 aliphatic heterocycles. The van der Waals surface area contributed by atoms with Crippen LogP contribution in [-0.2, 0) is 0 Å². The molecule has 0 bridgehead atoms. The van der Waals surface area contributed by atoms with Gasteiger partial charge in [0.2, 0.25) is 0 Å². The average molecular weight is 294 g/mol. The van der Waals surface area contributed by atoms with Crippen LogP contribution >= 0.6 is 11.6 Å². The van der Waals surface area contributed by atoms with E-state index in [4.69, 9.17) is 11.6 Å². The summed E-state index contributed by atoms with van der Waals surface area (Å²) in [5.74, 6) is 0.0554. The number of hydrogen-bond acceptors (Lipinski definition) is 3. The fraction of sp³-hybridized carbons (Fsp3) is 0.600. The maximum atomic E-state index is 12.4. The van der Waals surface area contributed by atoms with Crippen molar-refractivity contribution in [1.29, 1.82) is 0 Å². The second kappa shape index (κ2) is 6.10. The molecule has 2 aliphatic rings. The zero-order valence-electron chi connectivity index (χ0n) is 11.6. The number of piperidine rings is 1. The predicted molar refractivity (Wildman–Crippen MR) is 79.0 cm³/mol. The summed E-state index contributed by atoms with van der Waals surface area (Å²) in [6, 6.07) is 2.36. The van der Waals surface area contributed by atoms with Gasteiger partial charge in [-0.05, 0) is 44.8 Å². The first-order chi connectivity index (χ1) is 9.74. The first-order valence-electron chi connectivity index (χ1n) is 7.38. The van der Waals surface area contributed by atoms with Crippen molar-refractivity contribution in [2.75, 3.05) is 26.2 Å². The first-order valence-corrected chi connectivity index (χ1v) is 7.76. The van der Waals surface area contributed by atoms with Gasteiger partial charge in [0.05, 0.1) is 10.6 Å². The van der Waals surface area contributed by atoms with E-state index >= 15 is 0 Å². The van der Waals surface area contributed by atoms with Crippen molar-refractivity contribution in [3.8, 4) is 0 Å². The van der Waals surface area contributed by atoms with E-state index in [1.54, 1.807) is 18.5 Å². The largest absolute Gasteiger partial charge is 0.338 e. The molecule has 0 spiro atoms. The summed E-state index contributed by atoms with van der Waals surface area (Å²) < 4.78 is 0. The van der Waals surface area contributed by atoms with Gasteiger partial charge in [0.15, 0.2) is 0 Å². The molecular weight excluding hydrogens is 274 g/mol. The number of aromatic nitrogens is 1. The van der Waals surface area contributed by atoms with Crippen LogP contribution in [0.25, 0.3) is 0 Å². The predicted octanol–water partition coefficient (Wildman–Crippen LogP) is 2.44. The van der Waals surface area contributed by atoms with Crippen LogP contribution in [0.15, 0.2) is 18.5 Å². The van der Waals surface area contributed by atoms with Gasteiger partial charge in [-0.25, -0.2) is 0 Å². The molecule has 0 saturated carbocycles. The Balaban J connectivity index is 1.58. The second-order valence-corrected chi connectivity index (χ2v) is 6.09. The molecule has 1 aromatic heterocycles. The zero-order valence-corrected chi connectivity index (χ0v) is 12.4. The Labute approximate surface area is 124 Å². The van der Waals surface area contributed by atoms with Gasteiger partial charge in [-0.2, -0.15) is 0 Å². The van der Waals surface area contributed by atoms with Gasteiger partial charge >= 0.3 is 0 Å². The summed E-state index contributed by atoms with van der Waals surface area (Å²) >= 11 is 5.90. The molecule has 0 atom stereocenters. The van der Waals surface area contributed by atoms with E-state index in [1.165, 1.54) is 25.9 Å². The molecule has 5 heteroatoms. The minimum Gasteiger partial charge on any atom is -0.338 e. The normalized spacial score (nSPS) is 21.4. The Hall–Kier alpha value is -1.13. The molecule has 1 amide bonds. The molecule has 0 unspecified atom stereocenters.